The molecule has 0 amide bonds. The van der Waals surface area contributed by atoms with E-state index in [1.807, 2.05) is 47.9 Å². The van der Waals surface area contributed by atoms with Gasteiger partial charge in [0.1, 0.15) is 5.82 Å². The zero-order chi connectivity index (χ0) is 18.8. The maximum atomic E-state index is 5.79. The van der Waals surface area contributed by atoms with Crippen LogP contribution in [0.4, 0.5) is 0 Å². The number of hydrogen-bond acceptors (Lipinski definition) is 6. The minimum absolute atomic E-state index is 0.509. The van der Waals surface area contributed by atoms with E-state index in [1.54, 1.807) is 0 Å². The molecule has 0 aliphatic heterocycles. The number of halogens is 1. The molecule has 0 aliphatic carbocycles. The van der Waals surface area contributed by atoms with Gasteiger partial charge in [-0.3, -0.25) is 4.57 Å². The van der Waals surface area contributed by atoms with Gasteiger partial charge in [-0.05, 0) is 55.8 Å². The molecule has 0 N–H and O–H groups in total. The summed E-state index contributed by atoms with van der Waals surface area (Å²) in [5.74, 6) is 2.42. The van der Waals surface area contributed by atoms with E-state index < -0.39 is 0 Å². The Hall–Kier alpha value is -2.45. The molecule has 2 aromatic carbocycles. The van der Waals surface area contributed by atoms with E-state index in [0.29, 0.717) is 17.5 Å². The molecule has 0 bridgehead atoms. The maximum Gasteiger partial charge on any atom is 0.247 e. The third kappa shape index (κ3) is 3.96. The molecule has 4 aromatic rings. The minimum Gasteiger partial charge on any atom is -0.420 e. The van der Waals surface area contributed by atoms with Gasteiger partial charge in [-0.2, -0.15) is 0 Å². The summed E-state index contributed by atoms with van der Waals surface area (Å²) in [5, 5.41) is 17.6. The number of aromatic nitrogens is 5. The second-order valence-electron chi connectivity index (χ2n) is 6.00. The predicted molar refractivity (Wildman–Crippen MR) is 108 cm³/mol. The maximum absolute atomic E-state index is 5.79. The van der Waals surface area contributed by atoms with Crippen molar-refractivity contribution in [1.29, 1.82) is 0 Å². The number of benzene rings is 2. The molecule has 0 aliphatic rings. The van der Waals surface area contributed by atoms with Gasteiger partial charge in [0.25, 0.3) is 0 Å². The fourth-order valence-electron chi connectivity index (χ4n) is 2.65. The molecule has 136 valence electrons. The fourth-order valence-corrected chi connectivity index (χ4v) is 3.75. The van der Waals surface area contributed by atoms with Crippen LogP contribution in [0.3, 0.4) is 0 Å². The Morgan fingerprint density at radius 1 is 1.00 bits per heavy atom. The van der Waals surface area contributed by atoms with Crippen LogP contribution < -0.4 is 0 Å². The van der Waals surface area contributed by atoms with E-state index in [2.05, 4.69) is 55.4 Å². The molecule has 0 saturated carbocycles. The van der Waals surface area contributed by atoms with Crippen LogP contribution in [0.25, 0.3) is 17.1 Å². The van der Waals surface area contributed by atoms with Gasteiger partial charge >= 0.3 is 0 Å². The topological polar surface area (TPSA) is 69.6 Å². The first kappa shape index (κ1) is 17.9. The third-order valence-corrected chi connectivity index (χ3v) is 5.38. The lowest BCUT2D eigenvalue weighted by Crippen LogP contribution is -1.99. The zero-order valence-corrected chi connectivity index (χ0v) is 17.2. The number of hydrogen-bond donors (Lipinski definition) is 0. The largest absolute Gasteiger partial charge is 0.420 e. The molecule has 2 heterocycles. The van der Waals surface area contributed by atoms with Crippen molar-refractivity contribution < 1.29 is 4.42 Å². The fraction of sp³-hybridized carbons (Fsp3) is 0.158. The van der Waals surface area contributed by atoms with E-state index in [1.165, 1.54) is 17.3 Å². The van der Waals surface area contributed by atoms with E-state index in [0.717, 1.165) is 26.7 Å². The summed E-state index contributed by atoms with van der Waals surface area (Å²) in [6, 6.07) is 16.0. The average Bonchev–Trinajstić information content (AvgIpc) is 3.27. The highest BCUT2D eigenvalue weighted by molar-refractivity contribution is 9.10. The second kappa shape index (κ2) is 7.66. The van der Waals surface area contributed by atoms with Crippen LogP contribution in [0.15, 0.2) is 62.6 Å². The quantitative estimate of drug-likeness (QED) is 0.406. The first-order chi connectivity index (χ1) is 13.1. The SMILES string of the molecule is Cc1cccc(-n2c(C)nnc2SCc2nnc(-c3ccc(Br)cc3)o2)c1. The average molecular weight is 442 g/mol. The van der Waals surface area contributed by atoms with E-state index >= 15 is 0 Å². The Morgan fingerprint density at radius 3 is 2.59 bits per heavy atom. The zero-order valence-electron chi connectivity index (χ0n) is 14.8. The van der Waals surface area contributed by atoms with Crippen LogP contribution >= 0.6 is 27.7 Å². The standard InChI is InChI=1S/C19H16BrN5OS/c1-12-4-3-5-16(10-12)25-13(2)21-24-19(25)27-11-17-22-23-18(26-17)14-6-8-15(20)9-7-14/h3-10H,11H2,1-2H3. The number of thioether (sulfide) groups is 1. The Morgan fingerprint density at radius 2 is 1.81 bits per heavy atom. The van der Waals surface area contributed by atoms with Gasteiger partial charge in [0.2, 0.25) is 11.8 Å². The van der Waals surface area contributed by atoms with Crippen molar-refractivity contribution in [3.63, 3.8) is 0 Å². The summed E-state index contributed by atoms with van der Waals surface area (Å²) >= 11 is 4.94. The molecular weight excluding hydrogens is 426 g/mol. The van der Waals surface area contributed by atoms with Gasteiger partial charge in [-0.25, -0.2) is 0 Å². The minimum atomic E-state index is 0.509. The summed E-state index contributed by atoms with van der Waals surface area (Å²) in [6.45, 7) is 4.01. The predicted octanol–water partition coefficient (Wildman–Crippen LogP) is 4.99. The Bertz CT molecular complexity index is 1070. The lowest BCUT2D eigenvalue weighted by molar-refractivity contribution is 0.528. The smallest absolute Gasteiger partial charge is 0.247 e. The Kier molecular flexibility index (Phi) is 5.09. The van der Waals surface area contributed by atoms with E-state index in [-0.39, 0.29) is 0 Å². The van der Waals surface area contributed by atoms with Crippen LogP contribution in [0.1, 0.15) is 17.3 Å². The van der Waals surface area contributed by atoms with Crippen LogP contribution in [-0.4, -0.2) is 25.0 Å². The van der Waals surface area contributed by atoms with Crippen LogP contribution in [0.2, 0.25) is 0 Å². The third-order valence-electron chi connectivity index (χ3n) is 3.94. The molecule has 27 heavy (non-hydrogen) atoms. The van der Waals surface area contributed by atoms with E-state index in [9.17, 15) is 0 Å². The van der Waals surface area contributed by atoms with Gasteiger partial charge < -0.3 is 4.42 Å². The van der Waals surface area contributed by atoms with Crippen molar-refractivity contribution in [3.05, 3.63) is 70.3 Å². The van der Waals surface area contributed by atoms with Crippen molar-refractivity contribution in [2.24, 2.45) is 0 Å². The summed E-state index contributed by atoms with van der Waals surface area (Å²) in [7, 11) is 0. The van der Waals surface area contributed by atoms with Crippen molar-refractivity contribution in [3.8, 4) is 17.1 Å². The molecular formula is C19H16BrN5OS. The van der Waals surface area contributed by atoms with Gasteiger partial charge in [0.05, 0.1) is 5.75 Å². The molecule has 6 nitrogen and oxygen atoms in total. The highest BCUT2D eigenvalue weighted by atomic mass is 79.9. The molecule has 0 spiro atoms. The number of aryl methyl sites for hydroxylation is 2. The monoisotopic (exact) mass is 441 g/mol. The van der Waals surface area contributed by atoms with Crippen LogP contribution in [0, 0.1) is 13.8 Å². The first-order valence-corrected chi connectivity index (χ1v) is 10.1. The van der Waals surface area contributed by atoms with Crippen molar-refractivity contribution in [1.82, 2.24) is 25.0 Å². The Labute approximate surface area is 169 Å². The van der Waals surface area contributed by atoms with Gasteiger partial charge in [0, 0.05) is 15.7 Å². The van der Waals surface area contributed by atoms with Gasteiger partial charge in [-0.15, -0.1) is 20.4 Å². The summed E-state index contributed by atoms with van der Waals surface area (Å²) in [5.41, 5.74) is 3.12. The van der Waals surface area contributed by atoms with Crippen LogP contribution in [-0.2, 0) is 5.75 Å². The molecule has 4 rings (SSSR count). The molecule has 0 unspecified atom stereocenters. The summed E-state index contributed by atoms with van der Waals surface area (Å²) < 4.78 is 8.83. The molecule has 8 heteroatoms. The molecule has 0 atom stereocenters. The van der Waals surface area contributed by atoms with Gasteiger partial charge in [-0.1, -0.05) is 39.8 Å². The highest BCUT2D eigenvalue weighted by Crippen LogP contribution is 2.27. The lowest BCUT2D eigenvalue weighted by atomic mass is 10.2. The van der Waals surface area contributed by atoms with Crippen molar-refractivity contribution in [2.75, 3.05) is 0 Å². The van der Waals surface area contributed by atoms with E-state index in [4.69, 9.17) is 4.42 Å². The molecule has 0 fully saturated rings. The molecule has 2 aromatic heterocycles. The number of nitrogens with zero attached hydrogens (tertiary/aromatic N) is 5. The second-order valence-corrected chi connectivity index (χ2v) is 7.86. The van der Waals surface area contributed by atoms with Crippen molar-refractivity contribution >= 4 is 27.7 Å². The molecule has 0 radical (unpaired) electrons. The summed E-state index contributed by atoms with van der Waals surface area (Å²) in [4.78, 5) is 0. The normalized spacial score (nSPS) is 11.1. The molecule has 0 saturated heterocycles. The first-order valence-electron chi connectivity index (χ1n) is 8.30. The highest BCUT2D eigenvalue weighted by Gasteiger charge is 2.14. The Balaban J connectivity index is 1.53. The van der Waals surface area contributed by atoms with Gasteiger partial charge in [0.15, 0.2) is 5.16 Å². The van der Waals surface area contributed by atoms with Crippen LogP contribution in [0.5, 0.6) is 0 Å². The van der Waals surface area contributed by atoms with Crippen molar-refractivity contribution in [2.45, 2.75) is 24.8 Å². The number of rotatable bonds is 5. The lowest BCUT2D eigenvalue weighted by Gasteiger charge is -2.08. The summed E-state index contributed by atoms with van der Waals surface area (Å²) in [6.07, 6.45) is 0.